The molecule has 0 amide bonds. The second kappa shape index (κ2) is 7.58. The van der Waals surface area contributed by atoms with Crippen molar-refractivity contribution in [2.75, 3.05) is 20.8 Å². The highest BCUT2D eigenvalue weighted by molar-refractivity contribution is 7.12. The lowest BCUT2D eigenvalue weighted by Crippen LogP contribution is -1.98. The van der Waals surface area contributed by atoms with Gasteiger partial charge in [-0.3, -0.25) is 0 Å². The highest BCUT2D eigenvalue weighted by Gasteiger charge is 2.11. The van der Waals surface area contributed by atoms with Gasteiger partial charge in [0.2, 0.25) is 5.75 Å². The van der Waals surface area contributed by atoms with Crippen LogP contribution in [-0.2, 0) is 6.61 Å². The number of para-hydroxylation sites is 1. The van der Waals surface area contributed by atoms with Crippen LogP contribution in [0.25, 0.3) is 0 Å². The van der Waals surface area contributed by atoms with Crippen molar-refractivity contribution in [3.63, 3.8) is 0 Å². The lowest BCUT2D eigenvalue weighted by molar-refractivity contribution is 0.268. The molecule has 0 atom stereocenters. The molecule has 0 fully saturated rings. The van der Waals surface area contributed by atoms with E-state index in [-0.39, 0.29) is 6.61 Å². The van der Waals surface area contributed by atoms with Crippen LogP contribution in [-0.4, -0.2) is 25.9 Å². The molecule has 0 saturated carbocycles. The molecule has 0 aliphatic heterocycles. The Balaban J connectivity index is 2.11. The number of aliphatic hydroxyl groups excluding tert-OH is 1. The fourth-order valence-corrected chi connectivity index (χ4v) is 2.55. The molecule has 0 aliphatic carbocycles. The normalized spacial score (nSPS) is 9.67. The Morgan fingerprint density at radius 1 is 1.10 bits per heavy atom. The van der Waals surface area contributed by atoms with Crippen LogP contribution in [0.15, 0.2) is 30.3 Å². The zero-order valence-corrected chi connectivity index (χ0v) is 12.7. The summed E-state index contributed by atoms with van der Waals surface area (Å²) in [7, 11) is 3.19. The Morgan fingerprint density at radius 2 is 1.81 bits per heavy atom. The molecule has 4 nitrogen and oxygen atoms in total. The molecule has 1 heterocycles. The maximum absolute atomic E-state index is 8.68. The molecular formula is C16H16O4S. The number of aliphatic hydroxyl groups is 1. The fourth-order valence-electron chi connectivity index (χ4n) is 1.75. The predicted molar refractivity (Wildman–Crippen MR) is 82.2 cm³/mol. The van der Waals surface area contributed by atoms with Gasteiger partial charge in [0.1, 0.15) is 13.2 Å². The van der Waals surface area contributed by atoms with Gasteiger partial charge in [-0.1, -0.05) is 17.9 Å². The van der Waals surface area contributed by atoms with Crippen molar-refractivity contribution >= 4 is 11.3 Å². The van der Waals surface area contributed by atoms with E-state index in [1.54, 1.807) is 14.2 Å². The summed E-state index contributed by atoms with van der Waals surface area (Å²) >= 11 is 1.53. The molecule has 2 rings (SSSR count). The standard InChI is InChI=1S/C16H16O4S/c1-18-14-6-3-7-15(19-2)16(14)20-11-13-9-8-12(21-13)5-4-10-17/h3,6-9,17H,10-11H2,1-2H3. The summed E-state index contributed by atoms with van der Waals surface area (Å²) in [4.78, 5) is 1.93. The molecule has 0 bridgehead atoms. The van der Waals surface area contributed by atoms with Gasteiger partial charge in [-0.15, -0.1) is 11.3 Å². The molecule has 0 unspecified atom stereocenters. The number of methoxy groups -OCH3 is 2. The molecule has 0 radical (unpaired) electrons. The van der Waals surface area contributed by atoms with E-state index in [2.05, 4.69) is 11.8 Å². The van der Waals surface area contributed by atoms with E-state index in [9.17, 15) is 0 Å². The SMILES string of the molecule is COc1cccc(OC)c1OCc1ccc(C#CCO)s1. The summed E-state index contributed by atoms with van der Waals surface area (Å²) in [6.45, 7) is 0.268. The zero-order chi connectivity index (χ0) is 15.1. The molecule has 5 heteroatoms. The van der Waals surface area contributed by atoms with Crippen molar-refractivity contribution < 1.29 is 19.3 Å². The molecule has 1 aromatic heterocycles. The molecule has 21 heavy (non-hydrogen) atoms. The molecule has 0 spiro atoms. The van der Waals surface area contributed by atoms with Crippen LogP contribution in [0.2, 0.25) is 0 Å². The van der Waals surface area contributed by atoms with Gasteiger partial charge in [-0.05, 0) is 24.3 Å². The third-order valence-corrected chi connectivity index (χ3v) is 3.67. The van der Waals surface area contributed by atoms with Crippen LogP contribution in [0.4, 0.5) is 0 Å². The first kappa shape index (κ1) is 15.2. The van der Waals surface area contributed by atoms with Gasteiger partial charge in [0, 0.05) is 4.88 Å². The molecule has 2 aromatic rings. The largest absolute Gasteiger partial charge is 0.493 e. The molecular weight excluding hydrogens is 288 g/mol. The van der Waals surface area contributed by atoms with Crippen LogP contribution in [0.1, 0.15) is 9.75 Å². The van der Waals surface area contributed by atoms with E-state index < -0.39 is 0 Å². The smallest absolute Gasteiger partial charge is 0.203 e. The third kappa shape index (κ3) is 3.91. The van der Waals surface area contributed by atoms with Gasteiger partial charge in [-0.25, -0.2) is 0 Å². The summed E-state index contributed by atoms with van der Waals surface area (Å²) in [5, 5.41) is 8.68. The second-order valence-corrected chi connectivity index (χ2v) is 5.17. The second-order valence-electron chi connectivity index (χ2n) is 4.01. The first-order valence-corrected chi connectivity index (χ1v) is 7.12. The lowest BCUT2D eigenvalue weighted by Gasteiger charge is -2.13. The Kier molecular flexibility index (Phi) is 5.50. The summed E-state index contributed by atoms with van der Waals surface area (Å²) in [5.41, 5.74) is 0. The average molecular weight is 304 g/mol. The van der Waals surface area contributed by atoms with Crippen LogP contribution >= 0.6 is 11.3 Å². The first-order chi connectivity index (χ1) is 10.3. The van der Waals surface area contributed by atoms with Crippen LogP contribution in [0.5, 0.6) is 17.2 Å². The molecule has 0 saturated heterocycles. The quantitative estimate of drug-likeness (QED) is 0.863. The summed E-state index contributed by atoms with van der Waals surface area (Å²) in [6.07, 6.45) is 0. The van der Waals surface area contributed by atoms with Gasteiger partial charge in [0.05, 0.1) is 19.1 Å². The number of ether oxygens (including phenoxy) is 3. The van der Waals surface area contributed by atoms with Crippen LogP contribution in [0, 0.1) is 11.8 Å². The van der Waals surface area contributed by atoms with E-state index in [0.29, 0.717) is 23.9 Å². The van der Waals surface area contributed by atoms with E-state index in [1.807, 2.05) is 30.3 Å². The minimum atomic E-state index is -0.137. The topological polar surface area (TPSA) is 47.9 Å². The molecule has 1 aromatic carbocycles. The van der Waals surface area contributed by atoms with Crippen molar-refractivity contribution in [3.8, 4) is 29.1 Å². The van der Waals surface area contributed by atoms with E-state index >= 15 is 0 Å². The van der Waals surface area contributed by atoms with E-state index in [0.717, 1.165) is 9.75 Å². The number of thiophene rings is 1. The predicted octanol–water partition coefficient (Wildman–Crippen LogP) is 2.69. The lowest BCUT2D eigenvalue weighted by atomic mass is 10.3. The number of rotatable bonds is 5. The Morgan fingerprint density at radius 3 is 2.43 bits per heavy atom. The highest BCUT2D eigenvalue weighted by Crippen LogP contribution is 2.37. The first-order valence-electron chi connectivity index (χ1n) is 6.30. The van der Waals surface area contributed by atoms with Crippen molar-refractivity contribution in [3.05, 3.63) is 40.1 Å². The van der Waals surface area contributed by atoms with Gasteiger partial charge >= 0.3 is 0 Å². The van der Waals surface area contributed by atoms with Gasteiger partial charge in [0.15, 0.2) is 11.5 Å². The Labute approximate surface area is 127 Å². The number of hydrogen-bond acceptors (Lipinski definition) is 5. The summed E-state index contributed by atoms with van der Waals surface area (Å²) < 4.78 is 16.4. The van der Waals surface area contributed by atoms with Gasteiger partial charge in [-0.2, -0.15) is 0 Å². The van der Waals surface area contributed by atoms with Crippen molar-refractivity contribution in [1.82, 2.24) is 0 Å². The van der Waals surface area contributed by atoms with Gasteiger partial charge < -0.3 is 19.3 Å². The van der Waals surface area contributed by atoms with E-state index in [1.165, 1.54) is 11.3 Å². The van der Waals surface area contributed by atoms with Crippen molar-refractivity contribution in [2.45, 2.75) is 6.61 Å². The summed E-state index contributed by atoms with van der Waals surface area (Å²) in [6, 6.07) is 9.35. The third-order valence-electron chi connectivity index (χ3n) is 2.69. The number of hydrogen-bond donors (Lipinski definition) is 1. The summed E-state index contributed by atoms with van der Waals surface area (Å²) in [5.74, 6) is 7.34. The molecule has 110 valence electrons. The Bertz CT molecular complexity index is 630. The minimum Gasteiger partial charge on any atom is -0.493 e. The van der Waals surface area contributed by atoms with Gasteiger partial charge in [0.25, 0.3) is 0 Å². The zero-order valence-electron chi connectivity index (χ0n) is 11.9. The van der Waals surface area contributed by atoms with Crippen LogP contribution < -0.4 is 14.2 Å². The van der Waals surface area contributed by atoms with Crippen molar-refractivity contribution in [2.24, 2.45) is 0 Å². The maximum Gasteiger partial charge on any atom is 0.203 e. The van der Waals surface area contributed by atoms with Crippen molar-refractivity contribution in [1.29, 1.82) is 0 Å². The average Bonchev–Trinajstić information content (AvgIpc) is 2.98. The Hall–Kier alpha value is -2.16. The molecule has 1 N–H and O–H groups in total. The monoisotopic (exact) mass is 304 g/mol. The minimum absolute atomic E-state index is 0.137. The highest BCUT2D eigenvalue weighted by atomic mass is 32.1. The fraction of sp³-hybridized carbons (Fsp3) is 0.250. The number of benzene rings is 1. The van der Waals surface area contributed by atoms with Crippen LogP contribution in [0.3, 0.4) is 0 Å². The maximum atomic E-state index is 8.68. The molecule has 0 aliphatic rings. The van der Waals surface area contributed by atoms with E-state index in [4.69, 9.17) is 19.3 Å².